The van der Waals surface area contributed by atoms with E-state index >= 15 is 0 Å². The number of rotatable bonds is 6. The average molecular weight is 379 g/mol. The van der Waals surface area contributed by atoms with Crippen molar-refractivity contribution in [3.63, 3.8) is 0 Å². The Hall–Kier alpha value is 0.0200. The summed E-state index contributed by atoms with van der Waals surface area (Å²) in [5.74, 6) is 2.37. The second-order valence-corrected chi connectivity index (χ2v) is 7.98. The standard InChI is InChI=1S/C13H19BrN2O2S2/c1-3-10-13(20-7-6-19-10)12(17)11-9(14)8-15-16(11)4-5-18-2/h8,10,13H,3-7H2,1-2H3. The van der Waals surface area contributed by atoms with Crippen LogP contribution in [-0.2, 0) is 11.3 Å². The van der Waals surface area contributed by atoms with Gasteiger partial charge in [0, 0.05) is 23.9 Å². The first-order chi connectivity index (χ1) is 9.69. The van der Waals surface area contributed by atoms with Crippen molar-refractivity contribution in [1.82, 2.24) is 9.78 Å². The lowest BCUT2D eigenvalue weighted by atomic mass is 10.1. The first kappa shape index (κ1) is 16.4. The number of hydrogen-bond acceptors (Lipinski definition) is 5. The van der Waals surface area contributed by atoms with E-state index in [1.807, 2.05) is 11.8 Å². The molecular formula is C13H19BrN2O2S2. The molecule has 2 heterocycles. The van der Waals surface area contributed by atoms with Crippen molar-refractivity contribution < 1.29 is 9.53 Å². The lowest BCUT2D eigenvalue weighted by Gasteiger charge is -2.28. The van der Waals surface area contributed by atoms with Gasteiger partial charge in [-0.1, -0.05) is 6.92 Å². The molecule has 20 heavy (non-hydrogen) atoms. The summed E-state index contributed by atoms with van der Waals surface area (Å²) in [4.78, 5) is 12.9. The van der Waals surface area contributed by atoms with E-state index in [2.05, 4.69) is 28.0 Å². The molecule has 4 nitrogen and oxygen atoms in total. The molecule has 0 N–H and O–H groups in total. The molecule has 112 valence electrons. The minimum absolute atomic E-state index is 0.0352. The highest BCUT2D eigenvalue weighted by Crippen LogP contribution is 2.36. The monoisotopic (exact) mass is 378 g/mol. The number of thioether (sulfide) groups is 2. The molecule has 0 radical (unpaired) electrons. The Morgan fingerprint density at radius 3 is 3.00 bits per heavy atom. The van der Waals surface area contributed by atoms with E-state index in [0.717, 1.165) is 22.4 Å². The first-order valence-electron chi connectivity index (χ1n) is 6.66. The van der Waals surface area contributed by atoms with E-state index in [0.29, 0.717) is 24.1 Å². The summed E-state index contributed by atoms with van der Waals surface area (Å²) >= 11 is 7.15. The van der Waals surface area contributed by atoms with Crippen molar-refractivity contribution in [2.24, 2.45) is 0 Å². The van der Waals surface area contributed by atoms with Crippen LogP contribution in [-0.4, -0.2) is 51.3 Å². The van der Waals surface area contributed by atoms with Gasteiger partial charge in [-0.25, -0.2) is 0 Å². The van der Waals surface area contributed by atoms with Gasteiger partial charge in [0.2, 0.25) is 0 Å². The number of nitrogens with zero attached hydrogens (tertiary/aromatic N) is 2. The molecule has 7 heteroatoms. The number of carbonyl (C=O) groups is 1. The molecule has 0 aliphatic carbocycles. The quantitative estimate of drug-likeness (QED) is 0.711. The summed E-state index contributed by atoms with van der Waals surface area (Å²) in [5.41, 5.74) is 0.681. The zero-order valence-corrected chi connectivity index (χ0v) is 14.9. The SMILES string of the molecule is CCC1SCCSC1C(=O)c1c(Br)cnn1CCOC. The van der Waals surface area contributed by atoms with Crippen LogP contribution in [0.25, 0.3) is 0 Å². The fraction of sp³-hybridized carbons (Fsp3) is 0.692. The molecule has 1 saturated heterocycles. The number of hydrogen-bond donors (Lipinski definition) is 0. The van der Waals surface area contributed by atoms with Crippen LogP contribution in [0.4, 0.5) is 0 Å². The third-order valence-corrected chi connectivity index (χ3v) is 7.07. The fourth-order valence-electron chi connectivity index (χ4n) is 2.24. The van der Waals surface area contributed by atoms with Crippen LogP contribution < -0.4 is 0 Å². The first-order valence-corrected chi connectivity index (χ1v) is 9.55. The molecule has 0 amide bonds. The molecule has 0 bridgehead atoms. The van der Waals surface area contributed by atoms with Crippen LogP contribution in [0.1, 0.15) is 23.8 Å². The van der Waals surface area contributed by atoms with E-state index in [1.54, 1.807) is 29.8 Å². The number of methoxy groups -OCH3 is 1. The zero-order chi connectivity index (χ0) is 14.5. The fourth-order valence-corrected chi connectivity index (χ4v) is 5.73. The molecule has 2 unspecified atom stereocenters. The van der Waals surface area contributed by atoms with Crippen LogP contribution in [0.15, 0.2) is 10.7 Å². The Balaban J connectivity index is 2.21. The molecule has 0 aromatic carbocycles. The van der Waals surface area contributed by atoms with Crippen molar-refractivity contribution in [2.75, 3.05) is 25.2 Å². The van der Waals surface area contributed by atoms with Crippen LogP contribution in [0, 0.1) is 0 Å². The Morgan fingerprint density at radius 1 is 1.55 bits per heavy atom. The van der Waals surface area contributed by atoms with Crippen molar-refractivity contribution in [1.29, 1.82) is 0 Å². The lowest BCUT2D eigenvalue weighted by Crippen LogP contribution is -2.34. The smallest absolute Gasteiger partial charge is 0.196 e. The molecule has 2 atom stereocenters. The molecule has 1 aromatic heterocycles. The molecule has 0 saturated carbocycles. The van der Waals surface area contributed by atoms with E-state index < -0.39 is 0 Å². The van der Waals surface area contributed by atoms with Gasteiger partial charge in [0.15, 0.2) is 5.78 Å². The predicted molar refractivity (Wildman–Crippen MR) is 88.9 cm³/mol. The van der Waals surface area contributed by atoms with Crippen molar-refractivity contribution >= 4 is 45.2 Å². The van der Waals surface area contributed by atoms with Gasteiger partial charge in [-0.3, -0.25) is 9.48 Å². The van der Waals surface area contributed by atoms with Crippen LogP contribution in [0.3, 0.4) is 0 Å². The number of carbonyl (C=O) groups excluding carboxylic acids is 1. The summed E-state index contributed by atoms with van der Waals surface area (Å²) in [7, 11) is 1.65. The molecule has 1 aliphatic rings. The van der Waals surface area contributed by atoms with Crippen molar-refractivity contribution in [3.8, 4) is 0 Å². The zero-order valence-electron chi connectivity index (χ0n) is 11.7. The van der Waals surface area contributed by atoms with Gasteiger partial charge in [-0.15, -0.1) is 11.8 Å². The second kappa shape index (κ2) is 7.87. The average Bonchev–Trinajstić information content (AvgIpc) is 2.85. The summed E-state index contributed by atoms with van der Waals surface area (Å²) in [5, 5.41) is 4.71. The van der Waals surface area contributed by atoms with Gasteiger partial charge in [-0.2, -0.15) is 16.9 Å². The Bertz CT molecular complexity index is 467. The number of aromatic nitrogens is 2. The largest absolute Gasteiger partial charge is 0.383 e. The van der Waals surface area contributed by atoms with E-state index in [1.165, 1.54) is 0 Å². The minimum Gasteiger partial charge on any atom is -0.383 e. The third-order valence-electron chi connectivity index (χ3n) is 3.25. The van der Waals surface area contributed by atoms with Gasteiger partial charge >= 0.3 is 0 Å². The van der Waals surface area contributed by atoms with Gasteiger partial charge in [0.05, 0.1) is 29.1 Å². The van der Waals surface area contributed by atoms with Gasteiger partial charge in [-0.05, 0) is 22.4 Å². The molecule has 1 fully saturated rings. The molecule has 0 spiro atoms. The maximum absolute atomic E-state index is 12.9. The third kappa shape index (κ3) is 3.61. The second-order valence-electron chi connectivity index (χ2n) is 4.53. The van der Waals surface area contributed by atoms with Crippen LogP contribution in [0.5, 0.6) is 0 Å². The minimum atomic E-state index is 0.0352. The number of halogens is 1. The van der Waals surface area contributed by atoms with Crippen LogP contribution >= 0.6 is 39.5 Å². The Morgan fingerprint density at radius 2 is 2.30 bits per heavy atom. The normalized spacial score (nSPS) is 22.9. The Kier molecular flexibility index (Phi) is 6.45. The van der Waals surface area contributed by atoms with E-state index in [4.69, 9.17) is 4.74 Å². The van der Waals surface area contributed by atoms with Gasteiger partial charge < -0.3 is 4.74 Å². The summed E-state index contributed by atoms with van der Waals surface area (Å²) in [6, 6.07) is 0. The van der Waals surface area contributed by atoms with Gasteiger partial charge in [0.1, 0.15) is 5.69 Å². The number of ketones is 1. The summed E-state index contributed by atoms with van der Waals surface area (Å²) < 4.78 is 7.62. The maximum atomic E-state index is 12.9. The van der Waals surface area contributed by atoms with Crippen LogP contribution in [0.2, 0.25) is 0 Å². The molecule has 1 aliphatic heterocycles. The summed E-state index contributed by atoms with van der Waals surface area (Å²) in [6.45, 7) is 3.31. The highest BCUT2D eigenvalue weighted by atomic mass is 79.9. The van der Waals surface area contributed by atoms with E-state index in [-0.39, 0.29) is 11.0 Å². The van der Waals surface area contributed by atoms with Crippen molar-refractivity contribution in [2.45, 2.75) is 30.4 Å². The summed E-state index contributed by atoms with van der Waals surface area (Å²) in [6.07, 6.45) is 2.72. The topological polar surface area (TPSA) is 44.1 Å². The highest BCUT2D eigenvalue weighted by Gasteiger charge is 2.34. The lowest BCUT2D eigenvalue weighted by molar-refractivity contribution is 0.0973. The van der Waals surface area contributed by atoms with Crippen molar-refractivity contribution in [3.05, 3.63) is 16.4 Å². The molecular weight excluding hydrogens is 360 g/mol. The maximum Gasteiger partial charge on any atom is 0.196 e. The molecule has 2 rings (SSSR count). The predicted octanol–water partition coefficient (Wildman–Crippen LogP) is 3.10. The highest BCUT2D eigenvalue weighted by molar-refractivity contribution is 9.10. The van der Waals surface area contributed by atoms with Gasteiger partial charge in [0.25, 0.3) is 0 Å². The molecule has 1 aromatic rings. The number of Topliss-reactive ketones (excluding diaryl/α,β-unsaturated/α-hetero) is 1. The Labute approximate surface area is 136 Å². The van der Waals surface area contributed by atoms with E-state index in [9.17, 15) is 4.79 Å². The number of ether oxygens (including phenoxy) is 1.